The highest BCUT2D eigenvalue weighted by Crippen LogP contribution is 2.32. The molecule has 0 radical (unpaired) electrons. The van der Waals surface area contributed by atoms with Gasteiger partial charge >= 0.3 is 5.97 Å². The molecule has 1 heterocycles. The van der Waals surface area contributed by atoms with Crippen LogP contribution in [0.5, 0.6) is 5.75 Å². The molecule has 4 N–H and O–H groups in total. The van der Waals surface area contributed by atoms with Crippen molar-refractivity contribution in [3.8, 4) is 17.0 Å². The predicted octanol–water partition coefficient (Wildman–Crippen LogP) is 1.54. The van der Waals surface area contributed by atoms with Crippen LogP contribution in [0.2, 0.25) is 0 Å². The monoisotopic (exact) mass is 346 g/mol. The molecule has 0 atom stereocenters. The number of hydrogen-bond acceptors (Lipinski definition) is 6. The maximum absolute atomic E-state index is 11.9. The lowest BCUT2D eigenvalue weighted by atomic mass is 10.0. The molecule has 25 heavy (non-hydrogen) atoms. The predicted molar refractivity (Wildman–Crippen MR) is 93.3 cm³/mol. The van der Waals surface area contributed by atoms with Gasteiger partial charge in [0.15, 0.2) is 0 Å². The van der Waals surface area contributed by atoms with Crippen molar-refractivity contribution in [2.45, 2.75) is 26.3 Å². The molecule has 0 fully saturated rings. The van der Waals surface area contributed by atoms with E-state index < -0.39 is 5.91 Å². The number of nitrogen functional groups attached to an aromatic ring is 1. The van der Waals surface area contributed by atoms with Crippen molar-refractivity contribution in [3.63, 3.8) is 0 Å². The number of hydrogen-bond donors (Lipinski definition) is 2. The van der Waals surface area contributed by atoms with Crippen LogP contribution < -0.4 is 16.2 Å². The largest absolute Gasteiger partial charge is 0.496 e. The molecule has 2 rings (SSSR count). The molecule has 0 saturated carbocycles. The van der Waals surface area contributed by atoms with Crippen LogP contribution >= 0.6 is 0 Å². The molecule has 1 aromatic heterocycles. The lowest BCUT2D eigenvalue weighted by Gasteiger charge is -2.10. The fourth-order valence-corrected chi connectivity index (χ4v) is 2.55. The van der Waals surface area contributed by atoms with E-state index in [0.29, 0.717) is 22.6 Å². The smallest absolute Gasteiger partial charge is 0.310 e. The van der Waals surface area contributed by atoms with Gasteiger partial charge in [0.2, 0.25) is 0 Å². The molecule has 8 nitrogen and oxygen atoms in total. The van der Waals surface area contributed by atoms with E-state index in [2.05, 4.69) is 9.84 Å². The third-order valence-corrected chi connectivity index (χ3v) is 3.81. The molecule has 1 amide bonds. The summed E-state index contributed by atoms with van der Waals surface area (Å²) in [5, 5.41) is 4.43. The minimum absolute atomic E-state index is 0.0349. The van der Waals surface area contributed by atoms with E-state index in [1.54, 1.807) is 22.9 Å². The number of nitrogens with zero attached hydrogens (tertiary/aromatic N) is 2. The topological polar surface area (TPSA) is 122 Å². The van der Waals surface area contributed by atoms with Crippen molar-refractivity contribution in [1.29, 1.82) is 0 Å². The third-order valence-electron chi connectivity index (χ3n) is 3.81. The van der Waals surface area contributed by atoms with Crippen molar-refractivity contribution in [1.82, 2.24) is 9.78 Å². The van der Waals surface area contributed by atoms with Gasteiger partial charge in [0.25, 0.3) is 5.91 Å². The van der Waals surface area contributed by atoms with Crippen LogP contribution in [0.1, 0.15) is 35.8 Å². The van der Waals surface area contributed by atoms with Crippen molar-refractivity contribution in [2.24, 2.45) is 5.73 Å². The van der Waals surface area contributed by atoms with Gasteiger partial charge in [-0.05, 0) is 19.9 Å². The normalized spacial score (nSPS) is 10.8. The zero-order chi connectivity index (χ0) is 18.7. The summed E-state index contributed by atoms with van der Waals surface area (Å²) in [6.07, 6.45) is 0.0746. The molecule has 0 aliphatic carbocycles. The van der Waals surface area contributed by atoms with E-state index in [1.807, 2.05) is 13.8 Å². The summed E-state index contributed by atoms with van der Waals surface area (Å²) < 4.78 is 11.6. The molecular formula is C17H22N4O4. The van der Waals surface area contributed by atoms with E-state index in [0.717, 1.165) is 0 Å². The van der Waals surface area contributed by atoms with Crippen molar-refractivity contribution in [3.05, 3.63) is 29.3 Å². The first-order valence-corrected chi connectivity index (χ1v) is 7.72. The Bertz CT molecular complexity index is 811. The molecule has 0 aliphatic heterocycles. The van der Waals surface area contributed by atoms with Gasteiger partial charge in [-0.1, -0.05) is 12.1 Å². The SMILES string of the molecule is COC(=O)Cc1ccc(-c2nn(C(C)C)c(N)c2C(N)=O)cc1OC. The number of esters is 1. The first-order chi connectivity index (χ1) is 11.8. The summed E-state index contributed by atoms with van der Waals surface area (Å²) in [5.41, 5.74) is 13.3. The van der Waals surface area contributed by atoms with Gasteiger partial charge in [0, 0.05) is 17.2 Å². The second-order valence-corrected chi connectivity index (χ2v) is 5.79. The van der Waals surface area contributed by atoms with Crippen LogP contribution in [-0.2, 0) is 16.0 Å². The average molecular weight is 346 g/mol. The van der Waals surface area contributed by atoms with Gasteiger partial charge < -0.3 is 20.9 Å². The van der Waals surface area contributed by atoms with Gasteiger partial charge in [-0.3, -0.25) is 9.59 Å². The third kappa shape index (κ3) is 3.57. The zero-order valence-corrected chi connectivity index (χ0v) is 14.7. The van der Waals surface area contributed by atoms with Crippen LogP contribution in [0.25, 0.3) is 11.3 Å². The van der Waals surface area contributed by atoms with E-state index >= 15 is 0 Å². The molecule has 134 valence electrons. The molecule has 0 spiro atoms. The standard InChI is InChI=1S/C17H22N4O4/c1-9(2)21-16(18)14(17(19)23)15(20-21)11-6-5-10(8-13(22)25-4)12(7-11)24-3/h5-7,9H,8,18H2,1-4H3,(H2,19,23). The number of rotatable bonds is 6. The first kappa shape index (κ1) is 18.3. The number of amides is 1. The number of benzene rings is 1. The number of methoxy groups -OCH3 is 2. The fourth-order valence-electron chi connectivity index (χ4n) is 2.55. The maximum Gasteiger partial charge on any atom is 0.310 e. The Labute approximate surface area is 145 Å². The number of primary amides is 1. The van der Waals surface area contributed by atoms with E-state index in [4.69, 9.17) is 16.2 Å². The number of ether oxygens (including phenoxy) is 2. The Kier molecular flexibility index (Phi) is 5.31. The quantitative estimate of drug-likeness (QED) is 0.765. The lowest BCUT2D eigenvalue weighted by molar-refractivity contribution is -0.139. The summed E-state index contributed by atoms with van der Waals surface area (Å²) in [4.78, 5) is 23.4. The summed E-state index contributed by atoms with van der Waals surface area (Å²) in [7, 11) is 2.82. The molecule has 2 aromatic rings. The lowest BCUT2D eigenvalue weighted by Crippen LogP contribution is -2.15. The van der Waals surface area contributed by atoms with Gasteiger partial charge in [0.1, 0.15) is 22.8 Å². The minimum Gasteiger partial charge on any atom is -0.496 e. The number of carbonyl (C=O) groups is 2. The number of anilines is 1. The maximum atomic E-state index is 11.9. The average Bonchev–Trinajstić information content (AvgIpc) is 2.92. The Balaban J connectivity index is 2.57. The summed E-state index contributed by atoms with van der Waals surface area (Å²) in [6, 6.07) is 5.12. The van der Waals surface area contributed by atoms with E-state index in [-0.39, 0.29) is 29.8 Å². The van der Waals surface area contributed by atoms with Crippen molar-refractivity contribution >= 4 is 17.7 Å². The molecular weight excluding hydrogens is 324 g/mol. The van der Waals surface area contributed by atoms with Crippen LogP contribution in [0.15, 0.2) is 18.2 Å². The van der Waals surface area contributed by atoms with Crippen LogP contribution in [0, 0.1) is 0 Å². The van der Waals surface area contributed by atoms with Gasteiger partial charge in [-0.2, -0.15) is 5.10 Å². The zero-order valence-electron chi connectivity index (χ0n) is 14.7. The van der Waals surface area contributed by atoms with Gasteiger partial charge in [-0.25, -0.2) is 4.68 Å². The Morgan fingerprint density at radius 3 is 2.48 bits per heavy atom. The Hall–Kier alpha value is -3.03. The Morgan fingerprint density at radius 1 is 1.28 bits per heavy atom. The highest BCUT2D eigenvalue weighted by atomic mass is 16.5. The number of nitrogens with two attached hydrogens (primary N) is 2. The molecule has 0 unspecified atom stereocenters. The highest BCUT2D eigenvalue weighted by molar-refractivity contribution is 6.03. The van der Waals surface area contributed by atoms with Crippen molar-refractivity contribution in [2.75, 3.05) is 20.0 Å². The molecule has 1 aromatic carbocycles. The van der Waals surface area contributed by atoms with Crippen LogP contribution in [-0.4, -0.2) is 35.9 Å². The number of carbonyl (C=O) groups excluding carboxylic acids is 2. The molecule has 0 saturated heterocycles. The summed E-state index contributed by atoms with van der Waals surface area (Å²) in [6.45, 7) is 3.80. The van der Waals surface area contributed by atoms with E-state index in [1.165, 1.54) is 14.2 Å². The number of aromatic nitrogens is 2. The molecule has 8 heteroatoms. The molecule has 0 aliphatic rings. The second-order valence-electron chi connectivity index (χ2n) is 5.79. The minimum atomic E-state index is -0.656. The Morgan fingerprint density at radius 2 is 1.96 bits per heavy atom. The van der Waals surface area contributed by atoms with Crippen LogP contribution in [0.3, 0.4) is 0 Å². The highest BCUT2D eigenvalue weighted by Gasteiger charge is 2.23. The summed E-state index contributed by atoms with van der Waals surface area (Å²) in [5.74, 6) is -0.333. The van der Waals surface area contributed by atoms with Gasteiger partial charge in [-0.15, -0.1) is 0 Å². The fraction of sp³-hybridized carbons (Fsp3) is 0.353. The second kappa shape index (κ2) is 7.25. The van der Waals surface area contributed by atoms with Crippen molar-refractivity contribution < 1.29 is 19.1 Å². The van der Waals surface area contributed by atoms with Gasteiger partial charge in [0.05, 0.1) is 20.6 Å². The van der Waals surface area contributed by atoms with E-state index in [9.17, 15) is 9.59 Å². The molecule has 0 bridgehead atoms. The first-order valence-electron chi connectivity index (χ1n) is 7.72. The van der Waals surface area contributed by atoms with Crippen LogP contribution in [0.4, 0.5) is 5.82 Å². The summed E-state index contributed by atoms with van der Waals surface area (Å²) >= 11 is 0.